The number of aryl methyl sites for hydroxylation is 2. The van der Waals surface area contributed by atoms with Crippen LogP contribution in [-0.2, 0) is 11.2 Å². The molecule has 0 spiro atoms. The second-order valence-electron chi connectivity index (χ2n) is 6.72. The van der Waals surface area contributed by atoms with Gasteiger partial charge in [0.1, 0.15) is 11.6 Å². The standard InChI is InChI=1S/C22H19FN4O3S/c1-13-20(14-3-7-16(23)8-4-14)26-22(31-13)24-18(28)11-12-19-25-21(27-30-19)15-5-9-17(29-2)10-6-15/h3-10H,11-12H2,1-2H3,(H,24,26,28). The average Bonchev–Trinajstić information content (AvgIpc) is 3.39. The van der Waals surface area contributed by atoms with E-state index < -0.39 is 0 Å². The molecule has 0 aliphatic rings. The first-order valence-corrected chi connectivity index (χ1v) is 10.3. The fourth-order valence-corrected chi connectivity index (χ4v) is 3.79. The van der Waals surface area contributed by atoms with E-state index >= 15 is 0 Å². The van der Waals surface area contributed by atoms with E-state index in [-0.39, 0.29) is 18.1 Å². The summed E-state index contributed by atoms with van der Waals surface area (Å²) in [5.41, 5.74) is 2.32. The van der Waals surface area contributed by atoms with Crippen LogP contribution in [0.1, 0.15) is 17.2 Å². The van der Waals surface area contributed by atoms with Crippen molar-refractivity contribution in [1.82, 2.24) is 15.1 Å². The minimum absolute atomic E-state index is 0.175. The molecule has 2 heterocycles. The van der Waals surface area contributed by atoms with E-state index in [0.717, 1.165) is 27.4 Å². The summed E-state index contributed by atoms with van der Waals surface area (Å²) in [6, 6.07) is 13.4. The summed E-state index contributed by atoms with van der Waals surface area (Å²) in [5.74, 6) is 1.06. The number of methoxy groups -OCH3 is 1. The number of nitrogens with zero attached hydrogens (tertiary/aromatic N) is 3. The molecule has 2 aromatic carbocycles. The summed E-state index contributed by atoms with van der Waals surface area (Å²) >= 11 is 1.37. The molecule has 4 rings (SSSR count). The van der Waals surface area contributed by atoms with Gasteiger partial charge in [-0.3, -0.25) is 4.79 Å². The van der Waals surface area contributed by atoms with Gasteiger partial charge in [-0.2, -0.15) is 4.98 Å². The first-order valence-electron chi connectivity index (χ1n) is 9.52. The fourth-order valence-electron chi connectivity index (χ4n) is 2.94. The molecule has 4 aromatic rings. The number of amides is 1. The summed E-state index contributed by atoms with van der Waals surface area (Å²) in [6.45, 7) is 1.91. The minimum atomic E-state index is -0.304. The quantitative estimate of drug-likeness (QED) is 0.442. The second-order valence-corrected chi connectivity index (χ2v) is 7.92. The number of anilines is 1. The number of halogens is 1. The van der Waals surface area contributed by atoms with Crippen LogP contribution in [0.2, 0.25) is 0 Å². The Balaban J connectivity index is 1.35. The number of rotatable bonds is 7. The topological polar surface area (TPSA) is 90.1 Å². The number of carbonyl (C=O) groups is 1. The highest BCUT2D eigenvalue weighted by Crippen LogP contribution is 2.30. The van der Waals surface area contributed by atoms with Crippen molar-refractivity contribution in [3.05, 3.63) is 65.1 Å². The lowest BCUT2D eigenvalue weighted by atomic mass is 10.1. The van der Waals surface area contributed by atoms with E-state index in [1.54, 1.807) is 19.2 Å². The first-order chi connectivity index (χ1) is 15.0. The van der Waals surface area contributed by atoms with E-state index in [4.69, 9.17) is 9.26 Å². The first kappa shape index (κ1) is 20.7. The Bertz CT molecular complexity index is 1190. The monoisotopic (exact) mass is 438 g/mol. The third-order valence-corrected chi connectivity index (χ3v) is 5.43. The van der Waals surface area contributed by atoms with Gasteiger partial charge in [-0.05, 0) is 55.5 Å². The van der Waals surface area contributed by atoms with Crippen molar-refractivity contribution in [3.8, 4) is 28.4 Å². The summed E-state index contributed by atoms with van der Waals surface area (Å²) < 4.78 is 23.5. The molecule has 0 saturated heterocycles. The molecule has 1 amide bonds. The van der Waals surface area contributed by atoms with Gasteiger partial charge in [-0.25, -0.2) is 9.37 Å². The van der Waals surface area contributed by atoms with Gasteiger partial charge >= 0.3 is 0 Å². The number of aromatic nitrogens is 3. The van der Waals surface area contributed by atoms with Crippen molar-refractivity contribution in [2.45, 2.75) is 19.8 Å². The van der Waals surface area contributed by atoms with Crippen LogP contribution in [0.4, 0.5) is 9.52 Å². The minimum Gasteiger partial charge on any atom is -0.497 e. The lowest BCUT2D eigenvalue weighted by Crippen LogP contribution is -2.12. The van der Waals surface area contributed by atoms with Crippen molar-refractivity contribution in [3.63, 3.8) is 0 Å². The molecular weight excluding hydrogens is 419 g/mol. The fraction of sp³-hybridized carbons (Fsp3) is 0.182. The number of carbonyl (C=O) groups excluding carboxylic acids is 1. The highest BCUT2D eigenvalue weighted by molar-refractivity contribution is 7.16. The van der Waals surface area contributed by atoms with E-state index in [1.807, 2.05) is 31.2 Å². The Kier molecular flexibility index (Phi) is 6.03. The van der Waals surface area contributed by atoms with Crippen LogP contribution in [0.25, 0.3) is 22.6 Å². The third-order valence-electron chi connectivity index (χ3n) is 4.54. The smallest absolute Gasteiger partial charge is 0.227 e. The number of hydrogen-bond acceptors (Lipinski definition) is 7. The number of thiazole rings is 1. The normalized spacial score (nSPS) is 10.8. The maximum absolute atomic E-state index is 13.1. The summed E-state index contributed by atoms with van der Waals surface area (Å²) in [7, 11) is 1.60. The predicted molar refractivity (Wildman–Crippen MR) is 115 cm³/mol. The lowest BCUT2D eigenvalue weighted by molar-refractivity contribution is -0.116. The zero-order chi connectivity index (χ0) is 21.8. The third kappa shape index (κ3) is 4.95. The highest BCUT2D eigenvalue weighted by atomic mass is 32.1. The maximum Gasteiger partial charge on any atom is 0.227 e. The second kappa shape index (κ2) is 9.05. The summed E-state index contributed by atoms with van der Waals surface area (Å²) in [6.07, 6.45) is 0.485. The van der Waals surface area contributed by atoms with Gasteiger partial charge in [0.25, 0.3) is 0 Å². The van der Waals surface area contributed by atoms with Crippen molar-refractivity contribution < 1.29 is 18.4 Å². The number of hydrogen-bond donors (Lipinski definition) is 1. The summed E-state index contributed by atoms with van der Waals surface area (Å²) in [4.78, 5) is 22.1. The average molecular weight is 438 g/mol. The zero-order valence-electron chi connectivity index (χ0n) is 16.9. The van der Waals surface area contributed by atoms with Crippen molar-refractivity contribution in [2.75, 3.05) is 12.4 Å². The van der Waals surface area contributed by atoms with Crippen LogP contribution < -0.4 is 10.1 Å². The molecule has 7 nitrogen and oxygen atoms in total. The van der Waals surface area contributed by atoms with Crippen LogP contribution in [0.5, 0.6) is 5.75 Å². The zero-order valence-corrected chi connectivity index (χ0v) is 17.7. The molecule has 2 aromatic heterocycles. The molecule has 0 bridgehead atoms. The Morgan fingerprint density at radius 1 is 1.10 bits per heavy atom. The SMILES string of the molecule is COc1ccc(-c2noc(CCC(=O)Nc3nc(-c4ccc(F)cc4)c(C)s3)n2)cc1. The summed E-state index contributed by atoms with van der Waals surface area (Å²) in [5, 5.41) is 7.25. The van der Waals surface area contributed by atoms with Gasteiger partial charge in [0.15, 0.2) is 5.13 Å². The van der Waals surface area contributed by atoms with E-state index in [9.17, 15) is 9.18 Å². The van der Waals surface area contributed by atoms with Gasteiger partial charge in [-0.15, -0.1) is 11.3 Å². The van der Waals surface area contributed by atoms with Crippen LogP contribution >= 0.6 is 11.3 Å². The molecule has 0 saturated carbocycles. The van der Waals surface area contributed by atoms with Crippen LogP contribution in [-0.4, -0.2) is 28.1 Å². The van der Waals surface area contributed by atoms with Gasteiger partial charge in [-0.1, -0.05) is 5.16 Å². The highest BCUT2D eigenvalue weighted by Gasteiger charge is 2.14. The number of nitrogens with one attached hydrogen (secondary N) is 1. The molecule has 31 heavy (non-hydrogen) atoms. The molecule has 0 aliphatic carbocycles. The molecule has 0 radical (unpaired) electrons. The van der Waals surface area contributed by atoms with E-state index in [2.05, 4.69) is 20.4 Å². The Morgan fingerprint density at radius 2 is 1.81 bits per heavy atom. The molecule has 0 fully saturated rings. The van der Waals surface area contributed by atoms with Crippen LogP contribution in [0.3, 0.4) is 0 Å². The Labute approximate surface area is 181 Å². The molecular formula is C22H19FN4O3S. The van der Waals surface area contributed by atoms with Crippen molar-refractivity contribution in [1.29, 1.82) is 0 Å². The Hall–Kier alpha value is -3.59. The predicted octanol–water partition coefficient (Wildman–Crippen LogP) is 4.89. The molecule has 0 aliphatic heterocycles. The van der Waals surface area contributed by atoms with Crippen molar-refractivity contribution >= 4 is 22.4 Å². The molecule has 9 heteroatoms. The van der Waals surface area contributed by atoms with Crippen LogP contribution in [0.15, 0.2) is 53.1 Å². The van der Waals surface area contributed by atoms with Gasteiger partial charge in [0, 0.05) is 28.8 Å². The molecule has 1 N–H and O–H groups in total. The number of ether oxygens (including phenoxy) is 1. The largest absolute Gasteiger partial charge is 0.497 e. The Morgan fingerprint density at radius 3 is 2.52 bits per heavy atom. The van der Waals surface area contributed by atoms with Crippen LogP contribution in [0, 0.1) is 12.7 Å². The van der Waals surface area contributed by atoms with E-state index in [0.29, 0.717) is 23.3 Å². The molecule has 0 unspecified atom stereocenters. The number of benzene rings is 2. The molecule has 158 valence electrons. The van der Waals surface area contributed by atoms with Gasteiger partial charge < -0.3 is 14.6 Å². The van der Waals surface area contributed by atoms with E-state index in [1.165, 1.54) is 23.5 Å². The maximum atomic E-state index is 13.1. The molecule has 0 atom stereocenters. The van der Waals surface area contributed by atoms with Gasteiger partial charge in [0.2, 0.25) is 17.6 Å². The van der Waals surface area contributed by atoms with Crippen molar-refractivity contribution in [2.24, 2.45) is 0 Å². The lowest BCUT2D eigenvalue weighted by Gasteiger charge is -2.00. The van der Waals surface area contributed by atoms with Gasteiger partial charge in [0.05, 0.1) is 12.8 Å².